The van der Waals surface area contributed by atoms with Gasteiger partial charge in [0.1, 0.15) is 11.4 Å². The normalized spacial score (nSPS) is 21.5. The van der Waals surface area contributed by atoms with E-state index < -0.39 is 5.60 Å². The van der Waals surface area contributed by atoms with Crippen LogP contribution in [-0.4, -0.2) is 41.2 Å². The molecule has 1 atom stereocenters. The third kappa shape index (κ3) is 4.25. The molecule has 3 heterocycles. The summed E-state index contributed by atoms with van der Waals surface area (Å²) in [6, 6.07) is 2.29. The molecule has 2 fully saturated rings. The molecule has 2 aliphatic heterocycles. The number of amides is 1. The van der Waals surface area contributed by atoms with Gasteiger partial charge < -0.3 is 14.5 Å². The molecule has 25 heavy (non-hydrogen) atoms. The van der Waals surface area contributed by atoms with E-state index in [4.69, 9.17) is 9.72 Å². The van der Waals surface area contributed by atoms with Crippen LogP contribution in [0.4, 0.5) is 10.6 Å². The molecule has 5 nitrogen and oxygen atoms in total. The summed E-state index contributed by atoms with van der Waals surface area (Å²) in [7, 11) is 0. The van der Waals surface area contributed by atoms with Gasteiger partial charge in [-0.15, -0.1) is 0 Å². The van der Waals surface area contributed by atoms with Gasteiger partial charge in [-0.05, 0) is 77.0 Å². The van der Waals surface area contributed by atoms with E-state index in [1.165, 1.54) is 24.8 Å². The maximum Gasteiger partial charge on any atom is 0.410 e. The lowest BCUT2D eigenvalue weighted by molar-refractivity contribution is 0.0224. The van der Waals surface area contributed by atoms with Gasteiger partial charge in [-0.3, -0.25) is 0 Å². The Balaban J connectivity index is 1.76. The minimum absolute atomic E-state index is 0.0801. The van der Waals surface area contributed by atoms with E-state index in [-0.39, 0.29) is 12.1 Å². The van der Waals surface area contributed by atoms with Gasteiger partial charge >= 0.3 is 6.09 Å². The predicted molar refractivity (Wildman–Crippen MR) is 100.0 cm³/mol. The van der Waals surface area contributed by atoms with Gasteiger partial charge in [-0.25, -0.2) is 9.78 Å². The number of carbonyl (C=O) groups is 1. The number of rotatable bonds is 2. The molecule has 1 aromatic rings. The minimum Gasteiger partial charge on any atom is -0.444 e. The van der Waals surface area contributed by atoms with Crippen molar-refractivity contribution in [2.24, 2.45) is 0 Å². The number of likely N-dealkylation sites (tertiary alicyclic amines) is 1. The number of carbonyl (C=O) groups excluding carboxylic acids is 1. The molecule has 0 unspecified atom stereocenters. The van der Waals surface area contributed by atoms with Crippen LogP contribution in [-0.2, 0) is 4.74 Å². The molecule has 1 aromatic heterocycles. The zero-order chi connectivity index (χ0) is 18.0. The zero-order valence-electron chi connectivity index (χ0n) is 16.0. The van der Waals surface area contributed by atoms with E-state index in [1.807, 2.05) is 31.9 Å². The first-order valence-corrected chi connectivity index (χ1v) is 9.56. The minimum atomic E-state index is -0.462. The molecule has 0 bridgehead atoms. The van der Waals surface area contributed by atoms with E-state index in [0.29, 0.717) is 0 Å². The molecule has 0 spiro atoms. The van der Waals surface area contributed by atoms with Crippen LogP contribution in [0.3, 0.4) is 0 Å². The number of piperidine rings is 1. The third-order valence-electron chi connectivity index (χ3n) is 4.99. The Morgan fingerprint density at radius 3 is 2.52 bits per heavy atom. The maximum atomic E-state index is 12.5. The molecule has 2 saturated heterocycles. The van der Waals surface area contributed by atoms with Crippen molar-refractivity contribution in [1.82, 2.24) is 9.88 Å². The van der Waals surface area contributed by atoms with Crippen LogP contribution >= 0.6 is 0 Å². The Morgan fingerprint density at radius 1 is 1.16 bits per heavy atom. The molecule has 138 valence electrons. The highest BCUT2D eigenvalue weighted by Gasteiger charge is 2.33. The highest BCUT2D eigenvalue weighted by atomic mass is 16.6. The number of hydrogen-bond donors (Lipinski definition) is 0. The van der Waals surface area contributed by atoms with Crippen LogP contribution in [0.2, 0.25) is 0 Å². The summed E-state index contributed by atoms with van der Waals surface area (Å²) < 4.78 is 5.58. The Hall–Kier alpha value is -1.78. The second-order valence-corrected chi connectivity index (χ2v) is 8.29. The molecule has 5 heteroatoms. The summed E-state index contributed by atoms with van der Waals surface area (Å²) in [6.07, 6.45) is 7.55. The van der Waals surface area contributed by atoms with Crippen molar-refractivity contribution in [3.05, 3.63) is 23.4 Å². The number of ether oxygens (including phenoxy) is 1. The van der Waals surface area contributed by atoms with Crippen LogP contribution in [0.15, 0.2) is 12.3 Å². The predicted octanol–water partition coefficient (Wildman–Crippen LogP) is 4.45. The number of pyridine rings is 1. The van der Waals surface area contributed by atoms with Crippen molar-refractivity contribution in [2.45, 2.75) is 71.4 Å². The van der Waals surface area contributed by atoms with Crippen molar-refractivity contribution in [1.29, 1.82) is 0 Å². The summed E-state index contributed by atoms with van der Waals surface area (Å²) >= 11 is 0. The monoisotopic (exact) mass is 345 g/mol. The molecule has 1 amide bonds. The lowest BCUT2D eigenvalue weighted by Crippen LogP contribution is -2.36. The van der Waals surface area contributed by atoms with Crippen LogP contribution in [0.1, 0.15) is 70.0 Å². The van der Waals surface area contributed by atoms with Gasteiger partial charge in [0.15, 0.2) is 0 Å². The number of aromatic nitrogens is 1. The topological polar surface area (TPSA) is 45.7 Å². The largest absolute Gasteiger partial charge is 0.444 e. The summed E-state index contributed by atoms with van der Waals surface area (Å²) in [5.74, 6) is 1.10. The Kier molecular flexibility index (Phi) is 5.21. The molecule has 2 aliphatic rings. The van der Waals surface area contributed by atoms with E-state index >= 15 is 0 Å². The van der Waals surface area contributed by atoms with Gasteiger partial charge in [0.2, 0.25) is 0 Å². The smallest absolute Gasteiger partial charge is 0.410 e. The molecular weight excluding hydrogens is 314 g/mol. The molecule has 0 N–H and O–H groups in total. The fourth-order valence-corrected chi connectivity index (χ4v) is 3.86. The van der Waals surface area contributed by atoms with E-state index in [9.17, 15) is 4.79 Å². The zero-order valence-corrected chi connectivity index (χ0v) is 16.0. The molecule has 0 saturated carbocycles. The van der Waals surface area contributed by atoms with E-state index in [1.54, 1.807) is 0 Å². The number of aryl methyl sites for hydroxylation is 1. The van der Waals surface area contributed by atoms with Crippen molar-refractivity contribution in [3.63, 3.8) is 0 Å². The van der Waals surface area contributed by atoms with E-state index in [2.05, 4.69) is 17.9 Å². The van der Waals surface area contributed by atoms with Crippen LogP contribution in [0, 0.1) is 6.92 Å². The summed E-state index contributed by atoms with van der Waals surface area (Å²) in [5, 5.41) is 0. The third-order valence-corrected chi connectivity index (χ3v) is 4.99. The summed E-state index contributed by atoms with van der Waals surface area (Å²) in [6.45, 7) is 10.8. The van der Waals surface area contributed by atoms with Crippen LogP contribution < -0.4 is 4.90 Å². The van der Waals surface area contributed by atoms with E-state index in [0.717, 1.165) is 43.9 Å². The summed E-state index contributed by atoms with van der Waals surface area (Å²) in [4.78, 5) is 21.5. The highest BCUT2D eigenvalue weighted by molar-refractivity contribution is 5.69. The average Bonchev–Trinajstić information content (AvgIpc) is 3.04. The van der Waals surface area contributed by atoms with Crippen molar-refractivity contribution < 1.29 is 9.53 Å². The standard InChI is InChI=1S/C20H31N3O2/c1-15-13-16(14-21-18(15)22-10-6-5-7-11-22)17-9-8-12-23(17)19(24)25-20(2,3)4/h13-14,17H,5-12H2,1-4H3/t17-/m0/s1. The van der Waals surface area contributed by atoms with Crippen molar-refractivity contribution >= 4 is 11.9 Å². The summed E-state index contributed by atoms with van der Waals surface area (Å²) in [5.41, 5.74) is 1.87. The second kappa shape index (κ2) is 7.22. The molecule has 0 aromatic carbocycles. The van der Waals surface area contributed by atoms with Gasteiger partial charge in [0.25, 0.3) is 0 Å². The number of hydrogen-bond acceptors (Lipinski definition) is 4. The van der Waals surface area contributed by atoms with Crippen LogP contribution in [0.5, 0.6) is 0 Å². The first kappa shape index (κ1) is 18.0. The number of anilines is 1. The Morgan fingerprint density at radius 2 is 1.88 bits per heavy atom. The number of nitrogens with zero attached hydrogens (tertiary/aromatic N) is 3. The second-order valence-electron chi connectivity index (χ2n) is 8.29. The van der Waals surface area contributed by atoms with Crippen molar-refractivity contribution in [3.8, 4) is 0 Å². The molecule has 0 radical (unpaired) electrons. The van der Waals surface area contributed by atoms with Crippen LogP contribution in [0.25, 0.3) is 0 Å². The van der Waals surface area contributed by atoms with Gasteiger partial charge in [-0.2, -0.15) is 0 Å². The lowest BCUT2D eigenvalue weighted by Gasteiger charge is -2.31. The molecular formula is C20H31N3O2. The quantitative estimate of drug-likeness (QED) is 0.794. The van der Waals surface area contributed by atoms with Crippen molar-refractivity contribution in [2.75, 3.05) is 24.5 Å². The Labute approximate surface area is 151 Å². The highest BCUT2D eigenvalue weighted by Crippen LogP contribution is 2.34. The van der Waals surface area contributed by atoms with Gasteiger partial charge in [0.05, 0.1) is 6.04 Å². The SMILES string of the molecule is Cc1cc([C@@H]2CCCN2C(=O)OC(C)(C)C)cnc1N1CCCCC1. The first-order valence-electron chi connectivity index (χ1n) is 9.56. The fourth-order valence-electron chi connectivity index (χ4n) is 3.86. The van der Waals surface area contributed by atoms with Gasteiger partial charge in [0, 0.05) is 25.8 Å². The molecule has 3 rings (SSSR count). The van der Waals surface area contributed by atoms with Gasteiger partial charge in [-0.1, -0.05) is 0 Å². The average molecular weight is 345 g/mol. The lowest BCUT2D eigenvalue weighted by atomic mass is 10.0. The molecule has 0 aliphatic carbocycles. The Bertz CT molecular complexity index is 618. The first-order chi connectivity index (χ1) is 11.8. The maximum absolute atomic E-state index is 12.5. The fraction of sp³-hybridized carbons (Fsp3) is 0.700.